The molecule has 0 aliphatic carbocycles. The van der Waals surface area contributed by atoms with Crippen molar-refractivity contribution in [1.29, 1.82) is 5.26 Å². The number of carbonyl (C=O) groups is 1. The molecule has 7 heteroatoms. The molecule has 158 valence electrons. The number of carbonyl (C=O) groups excluding carboxylic acids is 1. The Bertz CT molecular complexity index is 1370. The van der Waals surface area contributed by atoms with Crippen LogP contribution in [0.15, 0.2) is 67.3 Å². The van der Waals surface area contributed by atoms with Crippen molar-refractivity contribution in [2.24, 2.45) is 0 Å². The van der Waals surface area contributed by atoms with Crippen LogP contribution in [0.3, 0.4) is 0 Å². The molecule has 0 radical (unpaired) electrons. The first-order chi connectivity index (χ1) is 15.5. The third-order valence-electron chi connectivity index (χ3n) is 4.93. The first kappa shape index (κ1) is 21.1. The van der Waals surface area contributed by atoms with Crippen molar-refractivity contribution in [1.82, 2.24) is 10.3 Å². The number of anilines is 3. The Balaban J connectivity index is 2.01. The van der Waals surface area contributed by atoms with E-state index in [1.54, 1.807) is 6.08 Å². The Morgan fingerprint density at radius 2 is 2.03 bits per heavy atom. The fourth-order valence-electron chi connectivity index (χ4n) is 3.52. The zero-order valence-electron chi connectivity index (χ0n) is 17.5. The van der Waals surface area contributed by atoms with Gasteiger partial charge in [0.25, 0.3) is 5.91 Å². The third-order valence-corrected chi connectivity index (χ3v) is 6.04. The summed E-state index contributed by atoms with van der Waals surface area (Å²) in [7, 11) is 0. The van der Waals surface area contributed by atoms with E-state index in [1.807, 2.05) is 61.5 Å². The predicted octanol–water partition coefficient (Wildman–Crippen LogP) is 5.39. The van der Waals surface area contributed by atoms with Crippen LogP contribution in [-0.4, -0.2) is 17.4 Å². The van der Waals surface area contributed by atoms with Crippen molar-refractivity contribution in [3.8, 4) is 17.2 Å². The van der Waals surface area contributed by atoms with Gasteiger partial charge in [-0.3, -0.25) is 4.79 Å². The number of fused-ring (bicyclic) bond motifs is 1. The van der Waals surface area contributed by atoms with Crippen LogP contribution in [0.2, 0.25) is 0 Å². The van der Waals surface area contributed by atoms with Gasteiger partial charge >= 0.3 is 0 Å². The molecule has 2 aromatic heterocycles. The van der Waals surface area contributed by atoms with Crippen LogP contribution < -0.4 is 16.4 Å². The predicted molar refractivity (Wildman–Crippen MR) is 131 cm³/mol. The Morgan fingerprint density at radius 1 is 1.25 bits per heavy atom. The molecule has 0 atom stereocenters. The van der Waals surface area contributed by atoms with Gasteiger partial charge in [-0.1, -0.05) is 48.5 Å². The lowest BCUT2D eigenvalue weighted by Crippen LogP contribution is -2.23. The maximum Gasteiger partial charge on any atom is 0.256 e. The van der Waals surface area contributed by atoms with Gasteiger partial charge in [0, 0.05) is 17.8 Å². The quantitative estimate of drug-likeness (QED) is 0.350. The Kier molecular flexibility index (Phi) is 5.88. The highest BCUT2D eigenvalue weighted by Crippen LogP contribution is 2.44. The van der Waals surface area contributed by atoms with Gasteiger partial charge in [0.2, 0.25) is 0 Å². The Morgan fingerprint density at radius 3 is 2.72 bits per heavy atom. The molecule has 1 amide bonds. The summed E-state index contributed by atoms with van der Waals surface area (Å²) in [5, 5.41) is 16.6. The number of thiophene rings is 1. The summed E-state index contributed by atoms with van der Waals surface area (Å²) in [5.74, 6) is -0.196. The zero-order chi connectivity index (χ0) is 22.7. The number of aromatic nitrogens is 1. The van der Waals surface area contributed by atoms with Crippen LogP contribution in [0.5, 0.6) is 0 Å². The number of rotatable bonds is 6. The number of nitrogen functional groups attached to an aromatic ring is 1. The summed E-state index contributed by atoms with van der Waals surface area (Å²) in [6, 6.07) is 19.6. The Hall–Kier alpha value is -4.15. The normalized spacial score (nSPS) is 10.5. The summed E-state index contributed by atoms with van der Waals surface area (Å²) in [6.45, 7) is 5.99. The molecule has 0 bridgehead atoms. The summed E-state index contributed by atoms with van der Waals surface area (Å²) in [5.41, 5.74) is 10.8. The van der Waals surface area contributed by atoms with Gasteiger partial charge in [-0.15, -0.1) is 17.9 Å². The van der Waals surface area contributed by atoms with E-state index in [0.29, 0.717) is 33.8 Å². The number of nitrogens with zero attached hydrogens (tertiary/aromatic N) is 2. The molecular formula is C25H21N5OS. The number of pyridine rings is 1. The van der Waals surface area contributed by atoms with Gasteiger partial charge in [-0.05, 0) is 30.2 Å². The van der Waals surface area contributed by atoms with Gasteiger partial charge in [0.05, 0.1) is 10.2 Å². The number of benzene rings is 2. The summed E-state index contributed by atoms with van der Waals surface area (Å²) in [6.07, 6.45) is 1.62. The van der Waals surface area contributed by atoms with E-state index in [9.17, 15) is 10.1 Å². The standard InChI is InChI=1S/C25H21N5OS/c1-3-12-28-24(31)20-21-22(32-25(20)29-17-11-7-8-15(2)13-17)19(16-9-5-4-6-10-16)18(14-26)23(27)30-21/h3-11,13,29H,1,12H2,2H3,(H2,27,30)(H,28,31). The molecule has 0 unspecified atom stereocenters. The van der Waals surface area contributed by atoms with Gasteiger partial charge in [-0.2, -0.15) is 5.26 Å². The topological polar surface area (TPSA) is 104 Å². The molecule has 2 aromatic carbocycles. The van der Waals surface area contributed by atoms with Gasteiger partial charge < -0.3 is 16.4 Å². The van der Waals surface area contributed by atoms with Crippen molar-refractivity contribution in [3.05, 3.63) is 83.9 Å². The number of nitriles is 1. The fraction of sp³-hybridized carbons (Fsp3) is 0.0800. The van der Waals surface area contributed by atoms with Crippen molar-refractivity contribution in [2.75, 3.05) is 17.6 Å². The molecule has 0 saturated heterocycles. The molecule has 2 heterocycles. The summed E-state index contributed by atoms with van der Waals surface area (Å²) >= 11 is 1.38. The number of amides is 1. The summed E-state index contributed by atoms with van der Waals surface area (Å²) in [4.78, 5) is 17.6. The molecule has 0 spiro atoms. The SMILES string of the molecule is C=CCNC(=O)c1c(Nc2cccc(C)c2)sc2c(-c3ccccc3)c(C#N)c(N)nc12. The van der Waals surface area contributed by atoms with Crippen molar-refractivity contribution in [3.63, 3.8) is 0 Å². The van der Waals surface area contributed by atoms with Crippen molar-refractivity contribution in [2.45, 2.75) is 6.92 Å². The van der Waals surface area contributed by atoms with E-state index < -0.39 is 0 Å². The zero-order valence-corrected chi connectivity index (χ0v) is 18.3. The van der Waals surface area contributed by atoms with Crippen LogP contribution in [0, 0.1) is 18.3 Å². The minimum absolute atomic E-state index is 0.0940. The van der Waals surface area contributed by atoms with Crippen LogP contribution in [0.1, 0.15) is 21.5 Å². The van der Waals surface area contributed by atoms with Crippen LogP contribution in [0.25, 0.3) is 21.3 Å². The minimum atomic E-state index is -0.290. The molecule has 6 nitrogen and oxygen atoms in total. The summed E-state index contributed by atoms with van der Waals surface area (Å²) < 4.78 is 0.723. The fourth-order valence-corrected chi connectivity index (χ4v) is 4.75. The number of aryl methyl sites for hydroxylation is 1. The molecule has 4 aromatic rings. The molecule has 0 aliphatic rings. The second-order valence-corrected chi connectivity index (χ2v) is 8.22. The number of hydrogen-bond donors (Lipinski definition) is 3. The van der Waals surface area contributed by atoms with Crippen LogP contribution in [-0.2, 0) is 0 Å². The van der Waals surface area contributed by atoms with E-state index >= 15 is 0 Å². The minimum Gasteiger partial charge on any atom is -0.383 e. The number of nitrogens with two attached hydrogens (primary N) is 1. The molecule has 0 fully saturated rings. The third kappa shape index (κ3) is 3.92. The van der Waals surface area contributed by atoms with E-state index in [1.165, 1.54) is 11.3 Å². The molecule has 0 saturated carbocycles. The lowest BCUT2D eigenvalue weighted by Gasteiger charge is -2.09. The molecule has 4 N–H and O–H groups in total. The highest BCUT2D eigenvalue weighted by atomic mass is 32.1. The first-order valence-corrected chi connectivity index (χ1v) is 10.8. The van der Waals surface area contributed by atoms with Crippen LogP contribution >= 0.6 is 11.3 Å². The van der Waals surface area contributed by atoms with Gasteiger partial charge in [0.15, 0.2) is 0 Å². The molecular weight excluding hydrogens is 418 g/mol. The monoisotopic (exact) mass is 439 g/mol. The van der Waals surface area contributed by atoms with E-state index in [2.05, 4.69) is 28.3 Å². The van der Waals surface area contributed by atoms with Gasteiger partial charge in [-0.25, -0.2) is 4.98 Å². The van der Waals surface area contributed by atoms with Crippen molar-refractivity contribution < 1.29 is 4.79 Å². The largest absolute Gasteiger partial charge is 0.383 e. The van der Waals surface area contributed by atoms with E-state index in [-0.39, 0.29) is 11.7 Å². The average Bonchev–Trinajstić information content (AvgIpc) is 3.14. The van der Waals surface area contributed by atoms with E-state index in [4.69, 9.17) is 5.73 Å². The van der Waals surface area contributed by atoms with Crippen LogP contribution in [0.4, 0.5) is 16.5 Å². The number of hydrogen-bond acceptors (Lipinski definition) is 6. The maximum atomic E-state index is 13.1. The van der Waals surface area contributed by atoms with Crippen molar-refractivity contribution >= 4 is 44.0 Å². The second kappa shape index (κ2) is 8.92. The second-order valence-electron chi connectivity index (χ2n) is 7.20. The molecule has 4 rings (SSSR count). The first-order valence-electron chi connectivity index (χ1n) is 9.97. The molecule has 0 aliphatic heterocycles. The van der Waals surface area contributed by atoms with E-state index in [0.717, 1.165) is 21.5 Å². The highest BCUT2D eigenvalue weighted by molar-refractivity contribution is 7.24. The smallest absolute Gasteiger partial charge is 0.256 e. The highest BCUT2D eigenvalue weighted by Gasteiger charge is 2.26. The maximum absolute atomic E-state index is 13.1. The lowest BCUT2D eigenvalue weighted by molar-refractivity contribution is 0.0960. The molecule has 32 heavy (non-hydrogen) atoms. The lowest BCUT2D eigenvalue weighted by atomic mass is 10.00. The van der Waals surface area contributed by atoms with Gasteiger partial charge in [0.1, 0.15) is 28.0 Å². The average molecular weight is 440 g/mol. The Labute approximate surface area is 190 Å². The number of nitrogens with one attached hydrogen (secondary N) is 2.